The van der Waals surface area contributed by atoms with E-state index < -0.39 is 29.6 Å². The van der Waals surface area contributed by atoms with Crippen LogP contribution in [0.1, 0.15) is 58.7 Å². The minimum absolute atomic E-state index is 0.0276. The maximum Gasteiger partial charge on any atom is 0.276 e. The molecule has 40 heavy (non-hydrogen) atoms. The van der Waals surface area contributed by atoms with Crippen molar-refractivity contribution in [3.05, 3.63) is 76.8 Å². The zero-order chi connectivity index (χ0) is 28.0. The van der Waals surface area contributed by atoms with Gasteiger partial charge in [-0.25, -0.2) is 9.02 Å². The zero-order valence-corrected chi connectivity index (χ0v) is 22.4. The Balaban J connectivity index is 1.34. The van der Waals surface area contributed by atoms with Gasteiger partial charge >= 0.3 is 0 Å². The average Bonchev–Trinajstić information content (AvgIpc) is 3.39. The molecule has 2 atom stereocenters. The van der Waals surface area contributed by atoms with Crippen LogP contribution in [0.2, 0.25) is 0 Å². The van der Waals surface area contributed by atoms with Gasteiger partial charge in [0, 0.05) is 40.4 Å². The normalized spacial score (nSPS) is 17.6. The maximum absolute atomic E-state index is 14.1. The van der Waals surface area contributed by atoms with E-state index in [0.29, 0.717) is 35.7 Å². The summed E-state index contributed by atoms with van der Waals surface area (Å²) in [5.74, 6) is -1.52. The highest BCUT2D eigenvalue weighted by Crippen LogP contribution is 2.61. The SMILES string of the molecule is CCc1nonc1C(=O)N[C@H](C(=O)Nc1ccc(-c2c(C)c[nH]c2C)nc1)C1c2ccc(F)cc2OCC12CC2. The lowest BCUT2D eigenvalue weighted by Crippen LogP contribution is -2.52. The number of hydrogen-bond donors (Lipinski definition) is 3. The molecule has 6 rings (SSSR count). The van der Waals surface area contributed by atoms with Crippen molar-refractivity contribution >= 4 is 17.5 Å². The van der Waals surface area contributed by atoms with E-state index in [1.807, 2.05) is 33.0 Å². The number of H-pyrrole nitrogens is 1. The largest absolute Gasteiger partial charge is 0.493 e. The molecule has 3 N–H and O–H groups in total. The number of pyridine rings is 1. The van der Waals surface area contributed by atoms with Gasteiger partial charge in [-0.05, 0) is 62.0 Å². The fourth-order valence-corrected chi connectivity index (χ4v) is 5.69. The number of halogens is 1. The minimum atomic E-state index is -1.02. The number of aryl methyl sites for hydroxylation is 3. The molecule has 4 heterocycles. The van der Waals surface area contributed by atoms with Gasteiger partial charge in [-0.2, -0.15) is 0 Å². The van der Waals surface area contributed by atoms with E-state index in [4.69, 9.17) is 9.37 Å². The predicted molar refractivity (Wildman–Crippen MR) is 143 cm³/mol. The van der Waals surface area contributed by atoms with Gasteiger partial charge in [0.15, 0.2) is 5.69 Å². The van der Waals surface area contributed by atoms with Gasteiger partial charge in [0.05, 0.1) is 24.2 Å². The number of carbonyl (C=O) groups excluding carboxylic acids is 2. The molecule has 1 fully saturated rings. The lowest BCUT2D eigenvalue weighted by molar-refractivity contribution is -0.119. The molecular weight excluding hydrogens is 515 g/mol. The molecular formula is C29H29FN6O4. The Hall–Kier alpha value is -4.54. The number of anilines is 1. The van der Waals surface area contributed by atoms with Crippen molar-refractivity contribution in [3.8, 4) is 17.0 Å². The van der Waals surface area contributed by atoms with Gasteiger partial charge in [-0.3, -0.25) is 14.6 Å². The third-order valence-electron chi connectivity index (χ3n) is 7.95. The monoisotopic (exact) mass is 544 g/mol. The molecule has 3 aromatic heterocycles. The molecule has 1 saturated carbocycles. The second kappa shape index (κ2) is 9.89. The lowest BCUT2D eigenvalue weighted by atomic mass is 9.76. The summed E-state index contributed by atoms with van der Waals surface area (Å²) in [6.07, 6.45) is 5.57. The van der Waals surface area contributed by atoms with Crippen LogP contribution < -0.4 is 15.4 Å². The Kier molecular flexibility index (Phi) is 6.36. The molecule has 1 spiro atoms. The minimum Gasteiger partial charge on any atom is -0.493 e. The van der Waals surface area contributed by atoms with Crippen molar-refractivity contribution in [2.75, 3.05) is 11.9 Å². The van der Waals surface area contributed by atoms with Crippen molar-refractivity contribution in [1.29, 1.82) is 0 Å². The molecule has 206 valence electrons. The molecule has 1 aliphatic carbocycles. The Morgan fingerprint density at radius 3 is 2.70 bits per heavy atom. The third-order valence-corrected chi connectivity index (χ3v) is 7.95. The summed E-state index contributed by atoms with van der Waals surface area (Å²) in [5, 5.41) is 13.4. The number of nitrogens with one attached hydrogen (secondary N) is 3. The number of hydrogen-bond acceptors (Lipinski definition) is 7. The van der Waals surface area contributed by atoms with E-state index in [1.54, 1.807) is 18.3 Å². The quantitative estimate of drug-likeness (QED) is 0.312. The average molecular weight is 545 g/mol. The summed E-state index contributed by atoms with van der Waals surface area (Å²) < 4.78 is 24.8. The van der Waals surface area contributed by atoms with Crippen LogP contribution in [0.4, 0.5) is 10.1 Å². The Morgan fingerprint density at radius 1 is 1.20 bits per heavy atom. The summed E-state index contributed by atoms with van der Waals surface area (Å²) in [6.45, 7) is 6.14. The number of aromatic nitrogens is 4. The van der Waals surface area contributed by atoms with Gasteiger partial charge in [-0.15, -0.1) is 0 Å². The van der Waals surface area contributed by atoms with Gasteiger partial charge in [-0.1, -0.05) is 18.1 Å². The van der Waals surface area contributed by atoms with E-state index in [-0.39, 0.29) is 11.1 Å². The summed E-state index contributed by atoms with van der Waals surface area (Å²) >= 11 is 0. The number of ether oxygens (including phenoxy) is 1. The fraction of sp³-hybridized carbons (Fsp3) is 0.345. The maximum atomic E-state index is 14.1. The molecule has 11 heteroatoms. The number of rotatable bonds is 7. The Labute approximate surface area is 229 Å². The van der Waals surface area contributed by atoms with Crippen LogP contribution in [0.25, 0.3) is 11.3 Å². The first-order chi connectivity index (χ1) is 19.3. The first-order valence-electron chi connectivity index (χ1n) is 13.3. The first kappa shape index (κ1) is 25.7. The Morgan fingerprint density at radius 2 is 2.02 bits per heavy atom. The van der Waals surface area contributed by atoms with E-state index in [9.17, 15) is 14.0 Å². The van der Waals surface area contributed by atoms with E-state index in [2.05, 4.69) is 30.9 Å². The predicted octanol–water partition coefficient (Wildman–Crippen LogP) is 4.47. The summed E-state index contributed by atoms with van der Waals surface area (Å²) in [5.41, 5.74) is 5.08. The van der Waals surface area contributed by atoms with Crippen molar-refractivity contribution in [3.63, 3.8) is 0 Å². The van der Waals surface area contributed by atoms with Crippen LogP contribution in [0.3, 0.4) is 0 Å². The molecule has 0 bridgehead atoms. The van der Waals surface area contributed by atoms with Gasteiger partial charge in [0.1, 0.15) is 23.3 Å². The highest BCUT2D eigenvalue weighted by Gasteiger charge is 2.58. The van der Waals surface area contributed by atoms with Crippen molar-refractivity contribution in [1.82, 2.24) is 25.6 Å². The number of nitrogens with zero attached hydrogens (tertiary/aromatic N) is 3. The second-order valence-corrected chi connectivity index (χ2v) is 10.6. The topological polar surface area (TPSA) is 135 Å². The standard InChI is InChI=1S/C29H29FN6O4/c1-4-20-25(36-40-35-20)27(37)34-26(24-19-7-5-17(30)11-22(19)39-14-29(24)9-10-29)28(38)33-18-6-8-21(32-13-18)23-15(2)12-31-16(23)3/h5-8,11-13,24,26,31H,4,9-10,14H2,1-3H3,(H,33,38)(H,34,37)/t24?,26-/m0/s1. The molecule has 0 saturated heterocycles. The van der Waals surface area contributed by atoms with Crippen LogP contribution >= 0.6 is 0 Å². The summed E-state index contributed by atoms with van der Waals surface area (Å²) in [6, 6.07) is 6.90. The van der Waals surface area contributed by atoms with Crippen molar-refractivity contribution in [2.24, 2.45) is 5.41 Å². The van der Waals surface area contributed by atoms with Crippen LogP contribution in [-0.4, -0.2) is 44.7 Å². The molecule has 2 amide bonds. The van der Waals surface area contributed by atoms with Gasteiger partial charge in [0.2, 0.25) is 5.91 Å². The van der Waals surface area contributed by atoms with E-state index in [0.717, 1.165) is 35.4 Å². The Bertz CT molecular complexity index is 1570. The number of benzene rings is 1. The molecule has 1 aromatic carbocycles. The number of carbonyl (C=O) groups is 2. The van der Waals surface area contributed by atoms with Gasteiger partial charge < -0.3 is 20.4 Å². The molecule has 2 aliphatic rings. The second-order valence-electron chi connectivity index (χ2n) is 10.6. The summed E-state index contributed by atoms with van der Waals surface area (Å²) in [4.78, 5) is 35.1. The van der Waals surface area contributed by atoms with Crippen LogP contribution in [0.15, 0.2) is 47.4 Å². The number of amides is 2. The molecule has 1 aliphatic heterocycles. The van der Waals surface area contributed by atoms with E-state index >= 15 is 0 Å². The third kappa shape index (κ3) is 4.51. The van der Waals surface area contributed by atoms with Crippen LogP contribution in [-0.2, 0) is 11.2 Å². The smallest absolute Gasteiger partial charge is 0.276 e. The number of aromatic amines is 1. The van der Waals surface area contributed by atoms with Crippen LogP contribution in [0.5, 0.6) is 5.75 Å². The fourth-order valence-electron chi connectivity index (χ4n) is 5.69. The molecule has 1 unspecified atom stereocenters. The highest BCUT2D eigenvalue weighted by molar-refractivity contribution is 6.01. The zero-order valence-electron chi connectivity index (χ0n) is 22.4. The van der Waals surface area contributed by atoms with E-state index in [1.165, 1.54) is 12.1 Å². The number of fused-ring (bicyclic) bond motifs is 1. The van der Waals surface area contributed by atoms with Crippen LogP contribution in [0, 0.1) is 25.1 Å². The first-order valence-corrected chi connectivity index (χ1v) is 13.3. The lowest BCUT2D eigenvalue weighted by Gasteiger charge is -2.38. The van der Waals surface area contributed by atoms with Crippen molar-refractivity contribution in [2.45, 2.75) is 52.0 Å². The molecule has 0 radical (unpaired) electrons. The molecule has 4 aromatic rings. The van der Waals surface area contributed by atoms with Gasteiger partial charge in [0.25, 0.3) is 5.91 Å². The van der Waals surface area contributed by atoms with Crippen molar-refractivity contribution < 1.29 is 23.3 Å². The molecule has 10 nitrogen and oxygen atoms in total. The summed E-state index contributed by atoms with van der Waals surface area (Å²) in [7, 11) is 0. The highest BCUT2D eigenvalue weighted by atomic mass is 19.1.